The van der Waals surface area contributed by atoms with Gasteiger partial charge in [-0.1, -0.05) is 6.08 Å². The molecule has 0 bridgehead atoms. The lowest BCUT2D eigenvalue weighted by Gasteiger charge is -2.46. The van der Waals surface area contributed by atoms with E-state index in [9.17, 15) is 14.9 Å². The number of nitrogens with zero attached hydrogens (tertiary/aromatic N) is 2. The topological polar surface area (TPSA) is 88.9 Å². The number of hydrogen-bond acceptors (Lipinski definition) is 6. The van der Waals surface area contributed by atoms with E-state index in [1.165, 1.54) is 13.0 Å². The van der Waals surface area contributed by atoms with Gasteiger partial charge < -0.3 is 19.1 Å². The average molecular weight is 396 g/mol. The second kappa shape index (κ2) is 8.00. The van der Waals surface area contributed by atoms with Crippen molar-refractivity contribution in [2.75, 3.05) is 13.2 Å². The van der Waals surface area contributed by atoms with Gasteiger partial charge in [-0.2, -0.15) is 5.26 Å². The fraction of sp³-hybridized carbons (Fsp3) is 0.409. The minimum Gasteiger partial charge on any atom is -0.496 e. The number of carbonyl (C=O) groups excluding carboxylic acids is 2. The molecule has 7 heteroatoms. The molecular formula is C22H24N2O5. The van der Waals surface area contributed by atoms with E-state index in [4.69, 9.17) is 14.2 Å². The molecule has 7 nitrogen and oxygen atoms in total. The molecule has 0 radical (unpaired) electrons. The highest BCUT2D eigenvalue weighted by Gasteiger charge is 2.50. The summed E-state index contributed by atoms with van der Waals surface area (Å²) in [6, 6.07) is 6.53. The first-order chi connectivity index (χ1) is 13.8. The van der Waals surface area contributed by atoms with Crippen LogP contribution in [0.15, 0.2) is 42.7 Å². The van der Waals surface area contributed by atoms with E-state index in [-0.39, 0.29) is 12.5 Å². The van der Waals surface area contributed by atoms with Crippen molar-refractivity contribution in [3.05, 3.63) is 53.8 Å². The maximum absolute atomic E-state index is 12.8. The van der Waals surface area contributed by atoms with Crippen molar-refractivity contribution < 1.29 is 23.8 Å². The first-order valence-corrected chi connectivity index (χ1v) is 9.42. The van der Waals surface area contributed by atoms with Crippen molar-refractivity contribution in [3.63, 3.8) is 0 Å². The smallest absolute Gasteiger partial charge is 0.303 e. The van der Waals surface area contributed by atoms with Crippen molar-refractivity contribution in [2.45, 2.75) is 44.9 Å². The molecule has 2 aliphatic heterocycles. The third-order valence-corrected chi connectivity index (χ3v) is 4.93. The molecule has 2 aliphatic rings. The normalized spacial score (nSPS) is 22.1. The predicted octanol–water partition coefficient (Wildman–Crippen LogP) is 3.02. The molecule has 0 saturated heterocycles. The van der Waals surface area contributed by atoms with Crippen molar-refractivity contribution in [1.82, 2.24) is 4.90 Å². The number of ether oxygens (including phenoxy) is 3. The second-order valence-corrected chi connectivity index (χ2v) is 7.55. The zero-order valence-electron chi connectivity index (χ0n) is 16.8. The van der Waals surface area contributed by atoms with Gasteiger partial charge in [0, 0.05) is 18.6 Å². The lowest BCUT2D eigenvalue weighted by atomic mass is 9.84. The minimum atomic E-state index is -0.885. The molecule has 2 heterocycles. The third kappa shape index (κ3) is 4.11. The molecule has 0 N–H and O–H groups in total. The van der Waals surface area contributed by atoms with Gasteiger partial charge in [-0.25, -0.2) is 0 Å². The molecule has 2 atom stereocenters. The van der Waals surface area contributed by atoms with Gasteiger partial charge in [0.2, 0.25) is 0 Å². The summed E-state index contributed by atoms with van der Waals surface area (Å²) in [6.45, 7) is 9.27. The maximum atomic E-state index is 12.8. The van der Waals surface area contributed by atoms with Crippen molar-refractivity contribution in [1.29, 1.82) is 5.26 Å². The van der Waals surface area contributed by atoms with Crippen LogP contribution in [0, 0.1) is 11.3 Å². The van der Waals surface area contributed by atoms with Crippen LogP contribution in [0.1, 0.15) is 44.4 Å². The summed E-state index contributed by atoms with van der Waals surface area (Å²) in [7, 11) is 0. The van der Waals surface area contributed by atoms with Gasteiger partial charge in [-0.3, -0.25) is 9.59 Å². The Morgan fingerprint density at radius 2 is 2.24 bits per heavy atom. The zero-order valence-corrected chi connectivity index (χ0v) is 16.8. The third-order valence-electron chi connectivity index (χ3n) is 4.93. The molecule has 0 fully saturated rings. The lowest BCUT2D eigenvalue weighted by Crippen LogP contribution is -2.55. The Morgan fingerprint density at radius 1 is 1.48 bits per heavy atom. The van der Waals surface area contributed by atoms with E-state index in [1.807, 2.05) is 13.8 Å². The molecule has 3 rings (SSSR count). The van der Waals surface area contributed by atoms with E-state index in [2.05, 4.69) is 12.6 Å². The summed E-state index contributed by atoms with van der Waals surface area (Å²) >= 11 is 0. The molecule has 0 aromatic heterocycles. The Bertz CT molecular complexity index is 912. The Kier molecular flexibility index (Phi) is 5.64. The molecule has 1 amide bonds. The van der Waals surface area contributed by atoms with Crippen LogP contribution in [-0.4, -0.2) is 41.6 Å². The molecule has 0 unspecified atom stereocenters. The van der Waals surface area contributed by atoms with Crippen LogP contribution in [0.4, 0.5) is 0 Å². The summed E-state index contributed by atoms with van der Waals surface area (Å²) in [6.07, 6.45) is 3.10. The zero-order chi connectivity index (χ0) is 21.2. The molecule has 0 spiro atoms. The number of hydrogen-bond donors (Lipinski definition) is 0. The maximum Gasteiger partial charge on any atom is 0.303 e. The summed E-state index contributed by atoms with van der Waals surface area (Å²) in [4.78, 5) is 26.3. The average Bonchev–Trinajstić information content (AvgIpc) is 3.02. The van der Waals surface area contributed by atoms with Crippen LogP contribution >= 0.6 is 0 Å². The number of amides is 1. The van der Waals surface area contributed by atoms with Gasteiger partial charge in [0.05, 0.1) is 24.8 Å². The summed E-state index contributed by atoms with van der Waals surface area (Å²) < 4.78 is 17.4. The molecular weight excluding hydrogens is 372 g/mol. The van der Waals surface area contributed by atoms with E-state index in [0.717, 1.165) is 0 Å². The SMILES string of the molecule is C=CCCOC1=CC(=O)N([C@@H]2c3cc(C#N)ccc3OC(C)(C)[C@H]2OC(C)=O)C1. The van der Waals surface area contributed by atoms with E-state index in [0.29, 0.717) is 35.7 Å². The molecule has 0 saturated carbocycles. The molecule has 0 aliphatic carbocycles. The van der Waals surface area contributed by atoms with Crippen molar-refractivity contribution in [3.8, 4) is 11.8 Å². The minimum absolute atomic E-state index is 0.241. The highest BCUT2D eigenvalue weighted by molar-refractivity contribution is 5.91. The monoisotopic (exact) mass is 396 g/mol. The number of fused-ring (bicyclic) bond motifs is 1. The van der Waals surface area contributed by atoms with E-state index in [1.54, 1.807) is 29.2 Å². The Labute approximate surface area is 170 Å². The Hall–Kier alpha value is -3.27. The van der Waals surface area contributed by atoms with Gasteiger partial charge in [0.15, 0.2) is 6.10 Å². The Balaban J connectivity index is 2.01. The van der Waals surface area contributed by atoms with Crippen LogP contribution in [0.5, 0.6) is 5.75 Å². The van der Waals surface area contributed by atoms with Crippen LogP contribution in [0.3, 0.4) is 0 Å². The van der Waals surface area contributed by atoms with Gasteiger partial charge in [0.25, 0.3) is 5.91 Å². The first-order valence-electron chi connectivity index (χ1n) is 9.42. The highest BCUT2D eigenvalue weighted by atomic mass is 16.6. The molecule has 152 valence electrons. The van der Waals surface area contributed by atoms with Crippen molar-refractivity contribution >= 4 is 11.9 Å². The first kappa shape index (κ1) is 20.5. The molecule has 1 aromatic carbocycles. The Morgan fingerprint density at radius 3 is 2.90 bits per heavy atom. The van der Waals surface area contributed by atoms with Gasteiger partial charge in [-0.05, 0) is 38.5 Å². The standard InChI is InChI=1S/C22H24N2O5/c1-5-6-9-27-16-11-19(26)24(13-16)20-17-10-15(12-23)7-8-18(17)29-22(3,4)21(20)28-14(2)25/h5,7-8,10-11,20-21H,1,6,9,13H2,2-4H3/t20-,21+/m1/s1. The largest absolute Gasteiger partial charge is 0.496 e. The van der Waals surface area contributed by atoms with Gasteiger partial charge in [0.1, 0.15) is 23.2 Å². The summed E-state index contributed by atoms with van der Waals surface area (Å²) in [5.74, 6) is 0.377. The number of esters is 1. The number of nitriles is 1. The number of benzene rings is 1. The fourth-order valence-electron chi connectivity index (χ4n) is 3.65. The van der Waals surface area contributed by atoms with Gasteiger partial charge in [-0.15, -0.1) is 6.58 Å². The predicted molar refractivity (Wildman–Crippen MR) is 105 cm³/mol. The lowest BCUT2D eigenvalue weighted by molar-refractivity contribution is -0.171. The highest BCUT2D eigenvalue weighted by Crippen LogP contribution is 2.45. The van der Waals surface area contributed by atoms with E-state index < -0.39 is 23.7 Å². The molecule has 1 aromatic rings. The van der Waals surface area contributed by atoms with Crippen LogP contribution in [-0.2, 0) is 19.1 Å². The second-order valence-electron chi connectivity index (χ2n) is 7.55. The fourth-order valence-corrected chi connectivity index (χ4v) is 3.65. The van der Waals surface area contributed by atoms with E-state index >= 15 is 0 Å². The number of carbonyl (C=O) groups is 2. The summed E-state index contributed by atoms with van der Waals surface area (Å²) in [5.41, 5.74) is 0.175. The number of rotatable bonds is 6. The van der Waals surface area contributed by atoms with Gasteiger partial charge >= 0.3 is 5.97 Å². The summed E-state index contributed by atoms with van der Waals surface area (Å²) in [5, 5.41) is 9.32. The van der Waals surface area contributed by atoms with Crippen LogP contribution in [0.25, 0.3) is 0 Å². The van der Waals surface area contributed by atoms with Crippen molar-refractivity contribution in [2.24, 2.45) is 0 Å². The van der Waals surface area contributed by atoms with Crippen LogP contribution in [0.2, 0.25) is 0 Å². The quantitative estimate of drug-likeness (QED) is 0.417. The van der Waals surface area contributed by atoms with Crippen LogP contribution < -0.4 is 4.74 Å². The molecule has 29 heavy (non-hydrogen) atoms.